The summed E-state index contributed by atoms with van der Waals surface area (Å²) < 4.78 is 4.49. The number of amides is 1. The molecule has 1 rings (SSSR count). The maximum Gasteiger partial charge on any atom is 0.330 e. The first-order valence-electron chi connectivity index (χ1n) is 4.07. The van der Waals surface area contributed by atoms with Crippen LogP contribution in [0.25, 0.3) is 0 Å². The summed E-state index contributed by atoms with van der Waals surface area (Å²) in [6, 6.07) is -1.12. The molecule has 0 aliphatic carbocycles. The molecular formula is C7H8ClN3O4S. The Bertz CT molecular complexity index is 397. The quantitative estimate of drug-likeness (QED) is 0.709. The molecule has 0 aromatic carbocycles. The molecule has 9 heteroatoms. The standard InChI is InChI=1S/C7H8ClN3O4S/c1-15-6(14)3(2-12)9-4(13)5-10-11-7(8)16-5/h3,12H,2H2,1H3,(H,9,13). The van der Waals surface area contributed by atoms with E-state index < -0.39 is 24.5 Å². The van der Waals surface area contributed by atoms with E-state index in [0.29, 0.717) is 0 Å². The summed E-state index contributed by atoms with van der Waals surface area (Å²) in [5.41, 5.74) is 0. The third-order valence-electron chi connectivity index (χ3n) is 1.57. The molecule has 0 radical (unpaired) electrons. The van der Waals surface area contributed by atoms with Crippen LogP contribution >= 0.6 is 22.9 Å². The fourth-order valence-electron chi connectivity index (χ4n) is 0.838. The summed E-state index contributed by atoms with van der Waals surface area (Å²) in [6.07, 6.45) is 0. The molecule has 0 aliphatic heterocycles. The molecule has 1 atom stereocenters. The van der Waals surface area contributed by atoms with Crippen molar-refractivity contribution in [2.45, 2.75) is 6.04 Å². The van der Waals surface area contributed by atoms with E-state index in [1.54, 1.807) is 0 Å². The zero-order valence-electron chi connectivity index (χ0n) is 8.14. The van der Waals surface area contributed by atoms with Crippen molar-refractivity contribution in [2.24, 2.45) is 0 Å². The van der Waals surface area contributed by atoms with Crippen LogP contribution < -0.4 is 5.32 Å². The van der Waals surface area contributed by atoms with Crippen molar-refractivity contribution in [3.63, 3.8) is 0 Å². The normalized spacial score (nSPS) is 11.9. The zero-order valence-corrected chi connectivity index (χ0v) is 9.71. The average molecular weight is 266 g/mol. The molecule has 1 aromatic rings. The largest absolute Gasteiger partial charge is 0.467 e. The van der Waals surface area contributed by atoms with Gasteiger partial charge in [-0.25, -0.2) is 4.79 Å². The minimum atomic E-state index is -1.12. The number of aromatic nitrogens is 2. The maximum atomic E-state index is 11.5. The van der Waals surface area contributed by atoms with Crippen LogP contribution in [-0.4, -0.2) is 46.9 Å². The number of aliphatic hydroxyl groups is 1. The first kappa shape index (κ1) is 12.8. The van der Waals surface area contributed by atoms with Crippen molar-refractivity contribution >= 4 is 34.8 Å². The highest BCUT2D eigenvalue weighted by Gasteiger charge is 2.22. The topological polar surface area (TPSA) is 101 Å². The van der Waals surface area contributed by atoms with Crippen LogP contribution in [0.2, 0.25) is 4.47 Å². The highest BCUT2D eigenvalue weighted by molar-refractivity contribution is 7.17. The van der Waals surface area contributed by atoms with Crippen LogP contribution in [0, 0.1) is 0 Å². The predicted molar refractivity (Wildman–Crippen MR) is 55.3 cm³/mol. The van der Waals surface area contributed by atoms with Crippen LogP contribution in [0.1, 0.15) is 9.80 Å². The molecule has 0 aliphatic rings. The molecule has 2 N–H and O–H groups in total. The van der Waals surface area contributed by atoms with Crippen molar-refractivity contribution in [1.29, 1.82) is 0 Å². The number of carbonyl (C=O) groups excluding carboxylic acids is 2. The van der Waals surface area contributed by atoms with E-state index in [0.717, 1.165) is 18.4 Å². The predicted octanol–water partition coefficient (Wildman–Crippen LogP) is -0.545. The maximum absolute atomic E-state index is 11.5. The molecular weight excluding hydrogens is 258 g/mol. The first-order chi connectivity index (χ1) is 7.58. The van der Waals surface area contributed by atoms with Gasteiger partial charge >= 0.3 is 5.97 Å². The highest BCUT2D eigenvalue weighted by Crippen LogP contribution is 2.14. The minimum Gasteiger partial charge on any atom is -0.467 e. The summed E-state index contributed by atoms with van der Waals surface area (Å²) in [5, 5.41) is 18.0. The number of halogens is 1. The van der Waals surface area contributed by atoms with Crippen molar-refractivity contribution < 1.29 is 19.4 Å². The van der Waals surface area contributed by atoms with E-state index in [1.807, 2.05) is 0 Å². The zero-order chi connectivity index (χ0) is 12.1. The summed E-state index contributed by atoms with van der Waals surface area (Å²) in [5.74, 6) is -1.39. The molecule has 1 aromatic heterocycles. The Labute approximate surface area is 99.4 Å². The van der Waals surface area contributed by atoms with E-state index in [1.165, 1.54) is 0 Å². The third-order valence-corrected chi connectivity index (χ3v) is 2.59. The van der Waals surface area contributed by atoms with Crippen molar-refractivity contribution in [3.05, 3.63) is 9.47 Å². The molecule has 0 spiro atoms. The fourth-order valence-corrected chi connectivity index (χ4v) is 1.57. The molecule has 1 unspecified atom stereocenters. The van der Waals surface area contributed by atoms with E-state index in [2.05, 4.69) is 20.3 Å². The second-order valence-corrected chi connectivity index (χ2v) is 4.15. The number of rotatable bonds is 4. The second-order valence-electron chi connectivity index (χ2n) is 2.59. The van der Waals surface area contributed by atoms with Gasteiger partial charge < -0.3 is 15.2 Å². The lowest BCUT2D eigenvalue weighted by molar-refractivity contribution is -0.143. The van der Waals surface area contributed by atoms with Gasteiger partial charge in [0.1, 0.15) is 0 Å². The van der Waals surface area contributed by atoms with Crippen LogP contribution in [0.3, 0.4) is 0 Å². The van der Waals surface area contributed by atoms with E-state index in [4.69, 9.17) is 16.7 Å². The van der Waals surface area contributed by atoms with Gasteiger partial charge in [-0.15, -0.1) is 10.2 Å². The number of nitrogens with zero attached hydrogens (tertiary/aromatic N) is 2. The molecule has 16 heavy (non-hydrogen) atoms. The van der Waals surface area contributed by atoms with Gasteiger partial charge in [0.2, 0.25) is 9.47 Å². The first-order valence-corrected chi connectivity index (χ1v) is 5.26. The second kappa shape index (κ2) is 5.73. The van der Waals surface area contributed by atoms with Crippen LogP contribution in [0.15, 0.2) is 0 Å². The number of nitrogens with one attached hydrogen (secondary N) is 1. The number of esters is 1. The number of methoxy groups -OCH3 is 1. The summed E-state index contributed by atoms with van der Waals surface area (Å²) in [7, 11) is 1.15. The molecule has 88 valence electrons. The van der Waals surface area contributed by atoms with Crippen molar-refractivity contribution in [2.75, 3.05) is 13.7 Å². The summed E-state index contributed by atoms with van der Waals surface area (Å²) in [4.78, 5) is 22.5. The Hall–Kier alpha value is -1.25. The Morgan fingerprint density at radius 3 is 2.75 bits per heavy atom. The van der Waals surface area contributed by atoms with E-state index >= 15 is 0 Å². The smallest absolute Gasteiger partial charge is 0.330 e. The molecule has 7 nitrogen and oxygen atoms in total. The fraction of sp³-hybridized carbons (Fsp3) is 0.429. The highest BCUT2D eigenvalue weighted by atomic mass is 35.5. The van der Waals surface area contributed by atoms with Crippen LogP contribution in [-0.2, 0) is 9.53 Å². The number of ether oxygens (including phenoxy) is 1. The summed E-state index contributed by atoms with van der Waals surface area (Å²) in [6.45, 7) is -0.565. The third kappa shape index (κ3) is 3.12. The Balaban J connectivity index is 2.66. The van der Waals surface area contributed by atoms with Crippen molar-refractivity contribution in [1.82, 2.24) is 15.5 Å². The van der Waals surface area contributed by atoms with Gasteiger partial charge in [0, 0.05) is 0 Å². The number of hydrogen-bond donors (Lipinski definition) is 2. The number of carbonyl (C=O) groups is 2. The van der Waals surface area contributed by atoms with E-state index in [9.17, 15) is 9.59 Å². The van der Waals surface area contributed by atoms with Crippen molar-refractivity contribution in [3.8, 4) is 0 Å². The molecule has 0 saturated heterocycles. The SMILES string of the molecule is COC(=O)C(CO)NC(=O)c1nnc(Cl)s1. The van der Waals surface area contributed by atoms with Crippen LogP contribution in [0.4, 0.5) is 0 Å². The lowest BCUT2D eigenvalue weighted by Crippen LogP contribution is -2.44. The monoisotopic (exact) mass is 265 g/mol. The number of hydrogen-bond acceptors (Lipinski definition) is 7. The summed E-state index contributed by atoms with van der Waals surface area (Å²) >= 11 is 6.35. The van der Waals surface area contributed by atoms with Gasteiger partial charge in [-0.05, 0) is 11.6 Å². The van der Waals surface area contributed by atoms with Gasteiger partial charge in [0.05, 0.1) is 13.7 Å². The molecule has 0 saturated carbocycles. The van der Waals surface area contributed by atoms with Gasteiger partial charge in [-0.1, -0.05) is 11.3 Å². The minimum absolute atomic E-state index is 0.00681. The van der Waals surface area contributed by atoms with E-state index in [-0.39, 0.29) is 9.47 Å². The molecule has 0 fully saturated rings. The lowest BCUT2D eigenvalue weighted by Gasteiger charge is -2.12. The van der Waals surface area contributed by atoms with Gasteiger partial charge in [0.15, 0.2) is 6.04 Å². The lowest BCUT2D eigenvalue weighted by atomic mass is 10.3. The van der Waals surface area contributed by atoms with Crippen LogP contribution in [0.5, 0.6) is 0 Å². The molecule has 1 heterocycles. The average Bonchev–Trinajstić information content (AvgIpc) is 2.71. The van der Waals surface area contributed by atoms with Gasteiger partial charge in [-0.2, -0.15) is 0 Å². The molecule has 1 amide bonds. The Kier molecular flexibility index (Phi) is 4.59. The van der Waals surface area contributed by atoms with Gasteiger partial charge in [0.25, 0.3) is 5.91 Å². The number of aliphatic hydroxyl groups excluding tert-OH is 1. The Morgan fingerprint density at radius 1 is 1.62 bits per heavy atom. The molecule has 0 bridgehead atoms. The van der Waals surface area contributed by atoms with Gasteiger partial charge in [-0.3, -0.25) is 4.79 Å². The Morgan fingerprint density at radius 2 is 2.31 bits per heavy atom.